The number of thiazole rings is 1. The average Bonchev–Trinajstić information content (AvgIpc) is 3.41. The number of aromatic nitrogens is 3. The highest BCUT2D eigenvalue weighted by Crippen LogP contribution is 2.29. The van der Waals surface area contributed by atoms with E-state index < -0.39 is 0 Å². The van der Waals surface area contributed by atoms with E-state index in [-0.39, 0.29) is 17.8 Å². The third-order valence-electron chi connectivity index (χ3n) is 4.79. The highest BCUT2D eigenvalue weighted by atomic mass is 32.1. The largest absolute Gasteiger partial charge is 0.346 e. The van der Waals surface area contributed by atoms with Gasteiger partial charge in [-0.25, -0.2) is 14.2 Å². The number of amides is 3. The summed E-state index contributed by atoms with van der Waals surface area (Å²) in [6, 6.07) is 7.79. The molecule has 10 heteroatoms. The van der Waals surface area contributed by atoms with Crippen LogP contribution in [0.5, 0.6) is 0 Å². The molecule has 30 heavy (non-hydrogen) atoms. The molecule has 4 rings (SSSR count). The summed E-state index contributed by atoms with van der Waals surface area (Å²) >= 11 is 1.20. The number of carbonyl (C=O) groups excluding carboxylic acids is 2. The van der Waals surface area contributed by atoms with Crippen LogP contribution in [0.25, 0.3) is 0 Å². The smallest absolute Gasteiger partial charge is 0.326 e. The van der Waals surface area contributed by atoms with E-state index in [1.807, 2.05) is 13.0 Å². The van der Waals surface area contributed by atoms with E-state index in [4.69, 9.17) is 0 Å². The number of H-pyrrole nitrogens is 1. The first kappa shape index (κ1) is 20.0. The van der Waals surface area contributed by atoms with Crippen molar-refractivity contribution in [1.29, 1.82) is 0 Å². The van der Waals surface area contributed by atoms with Gasteiger partial charge >= 0.3 is 6.03 Å². The van der Waals surface area contributed by atoms with Gasteiger partial charge in [0.2, 0.25) is 0 Å². The molecule has 3 heterocycles. The summed E-state index contributed by atoms with van der Waals surface area (Å²) in [5, 5.41) is 10.3. The number of rotatable bonds is 6. The van der Waals surface area contributed by atoms with Crippen molar-refractivity contribution in [2.45, 2.75) is 26.9 Å². The zero-order chi connectivity index (χ0) is 21.3. The molecule has 0 bridgehead atoms. The molecular formula is C20H21FN6O2S. The zero-order valence-electron chi connectivity index (χ0n) is 16.6. The molecule has 1 aliphatic rings. The quantitative estimate of drug-likeness (QED) is 0.631. The first-order valence-electron chi connectivity index (χ1n) is 9.48. The molecule has 2 aromatic heterocycles. The standard InChI is InChI=1S/C20H21FN6O2S/c1-12-9-16(25-24-12)10-22-18(28)17-13(2)23-19(30-17)27-8-7-26(20(27)29)11-14-3-5-15(21)6-4-14/h3-6,9H,7-8,10-11H2,1-2H3,(H,22,28)(H,24,25). The van der Waals surface area contributed by atoms with Crippen LogP contribution in [0.1, 0.15) is 32.3 Å². The van der Waals surface area contributed by atoms with Crippen LogP contribution in [0, 0.1) is 19.7 Å². The van der Waals surface area contributed by atoms with Gasteiger partial charge in [0.05, 0.1) is 17.9 Å². The number of urea groups is 1. The van der Waals surface area contributed by atoms with E-state index in [9.17, 15) is 14.0 Å². The van der Waals surface area contributed by atoms with E-state index in [2.05, 4.69) is 20.5 Å². The molecular weight excluding hydrogens is 407 g/mol. The second-order valence-electron chi connectivity index (χ2n) is 7.12. The molecule has 0 unspecified atom stereocenters. The predicted molar refractivity (Wildman–Crippen MR) is 111 cm³/mol. The number of carbonyl (C=O) groups is 2. The molecule has 0 radical (unpaired) electrons. The Morgan fingerprint density at radius 1 is 1.27 bits per heavy atom. The van der Waals surface area contributed by atoms with Crippen molar-refractivity contribution in [3.63, 3.8) is 0 Å². The van der Waals surface area contributed by atoms with Gasteiger partial charge in [0.25, 0.3) is 5.91 Å². The summed E-state index contributed by atoms with van der Waals surface area (Å²) in [6.45, 7) is 5.38. The molecule has 1 aromatic carbocycles. The Balaban J connectivity index is 1.41. The topological polar surface area (TPSA) is 94.2 Å². The van der Waals surface area contributed by atoms with Gasteiger partial charge in [-0.2, -0.15) is 5.10 Å². The molecule has 2 N–H and O–H groups in total. The molecule has 1 fully saturated rings. The van der Waals surface area contributed by atoms with Crippen LogP contribution >= 0.6 is 11.3 Å². The number of nitrogens with zero attached hydrogens (tertiary/aromatic N) is 4. The maximum absolute atomic E-state index is 13.1. The van der Waals surface area contributed by atoms with Gasteiger partial charge in [-0.05, 0) is 37.6 Å². The second-order valence-corrected chi connectivity index (χ2v) is 8.10. The third-order valence-corrected chi connectivity index (χ3v) is 5.97. The minimum atomic E-state index is -0.306. The lowest BCUT2D eigenvalue weighted by Gasteiger charge is -2.16. The number of anilines is 1. The summed E-state index contributed by atoms with van der Waals surface area (Å²) < 4.78 is 13.1. The lowest BCUT2D eigenvalue weighted by Crippen LogP contribution is -2.31. The Labute approximate surface area is 176 Å². The van der Waals surface area contributed by atoms with Gasteiger partial charge in [-0.3, -0.25) is 14.8 Å². The number of aryl methyl sites for hydroxylation is 2. The van der Waals surface area contributed by atoms with Crippen molar-refractivity contribution in [3.8, 4) is 0 Å². The lowest BCUT2D eigenvalue weighted by atomic mass is 10.2. The molecule has 0 aliphatic carbocycles. The maximum atomic E-state index is 13.1. The number of hydrogen-bond acceptors (Lipinski definition) is 5. The van der Waals surface area contributed by atoms with Gasteiger partial charge in [0.15, 0.2) is 5.13 Å². The molecule has 1 saturated heterocycles. The number of benzene rings is 1. The molecule has 3 amide bonds. The average molecular weight is 428 g/mol. The molecule has 0 atom stereocenters. The fourth-order valence-electron chi connectivity index (χ4n) is 3.24. The maximum Gasteiger partial charge on any atom is 0.326 e. The van der Waals surface area contributed by atoms with Gasteiger partial charge in [0, 0.05) is 25.3 Å². The number of aromatic amines is 1. The first-order chi connectivity index (χ1) is 14.4. The minimum Gasteiger partial charge on any atom is -0.346 e. The molecule has 3 aromatic rings. The van der Waals surface area contributed by atoms with Crippen molar-refractivity contribution in [1.82, 2.24) is 25.4 Å². The Kier molecular flexibility index (Phi) is 5.49. The lowest BCUT2D eigenvalue weighted by molar-refractivity contribution is 0.0953. The number of hydrogen-bond donors (Lipinski definition) is 2. The van der Waals surface area contributed by atoms with Crippen LogP contribution < -0.4 is 10.2 Å². The van der Waals surface area contributed by atoms with Crippen molar-refractivity contribution >= 4 is 28.4 Å². The molecule has 0 spiro atoms. The van der Waals surface area contributed by atoms with Gasteiger partial charge in [-0.15, -0.1) is 0 Å². The Morgan fingerprint density at radius 3 is 2.73 bits per heavy atom. The summed E-state index contributed by atoms with van der Waals surface area (Å²) in [7, 11) is 0. The van der Waals surface area contributed by atoms with E-state index >= 15 is 0 Å². The minimum absolute atomic E-state index is 0.174. The fraction of sp³-hybridized carbons (Fsp3) is 0.300. The summed E-state index contributed by atoms with van der Waals surface area (Å²) in [5.74, 6) is -0.550. The van der Waals surface area contributed by atoms with Gasteiger partial charge in [-0.1, -0.05) is 23.5 Å². The fourth-order valence-corrected chi connectivity index (χ4v) is 4.24. The van der Waals surface area contributed by atoms with Crippen LogP contribution in [-0.4, -0.2) is 45.1 Å². The highest BCUT2D eigenvalue weighted by Gasteiger charge is 2.32. The molecule has 8 nitrogen and oxygen atoms in total. The van der Waals surface area contributed by atoms with Crippen LogP contribution in [-0.2, 0) is 13.1 Å². The van der Waals surface area contributed by atoms with Gasteiger partial charge in [0.1, 0.15) is 10.7 Å². The Morgan fingerprint density at radius 2 is 2.03 bits per heavy atom. The second kappa shape index (κ2) is 8.23. The molecule has 1 aliphatic heterocycles. The summed E-state index contributed by atoms with van der Waals surface area (Å²) in [4.78, 5) is 33.6. The normalized spacial score (nSPS) is 13.9. The van der Waals surface area contributed by atoms with Crippen LogP contribution in [0.4, 0.5) is 14.3 Å². The Bertz CT molecular complexity index is 1080. The van der Waals surface area contributed by atoms with Crippen molar-refractivity contribution < 1.29 is 14.0 Å². The summed E-state index contributed by atoms with van der Waals surface area (Å²) in [5.41, 5.74) is 3.11. The first-order valence-corrected chi connectivity index (χ1v) is 10.3. The Hall–Kier alpha value is -3.27. The molecule has 156 valence electrons. The van der Waals surface area contributed by atoms with Gasteiger partial charge < -0.3 is 10.2 Å². The SMILES string of the molecule is Cc1cc(CNC(=O)c2sc(N3CCN(Cc4ccc(F)cc4)C3=O)nc2C)n[nH]1. The van der Waals surface area contributed by atoms with Crippen molar-refractivity contribution in [2.75, 3.05) is 18.0 Å². The van der Waals surface area contributed by atoms with Crippen LogP contribution in [0.2, 0.25) is 0 Å². The highest BCUT2D eigenvalue weighted by molar-refractivity contribution is 7.17. The van der Waals surface area contributed by atoms with Crippen LogP contribution in [0.3, 0.4) is 0 Å². The monoisotopic (exact) mass is 428 g/mol. The van der Waals surface area contributed by atoms with Crippen LogP contribution in [0.15, 0.2) is 30.3 Å². The molecule has 0 saturated carbocycles. The number of halogens is 1. The predicted octanol–water partition coefficient (Wildman–Crippen LogP) is 2.99. The van der Waals surface area contributed by atoms with E-state index in [1.54, 1.807) is 28.9 Å². The third kappa shape index (κ3) is 4.18. The van der Waals surface area contributed by atoms with E-state index in [0.717, 1.165) is 17.0 Å². The van der Waals surface area contributed by atoms with Crippen molar-refractivity contribution in [2.24, 2.45) is 0 Å². The van der Waals surface area contributed by atoms with E-state index in [0.29, 0.717) is 41.9 Å². The number of nitrogens with one attached hydrogen (secondary N) is 2. The van der Waals surface area contributed by atoms with E-state index in [1.165, 1.54) is 23.5 Å². The summed E-state index contributed by atoms with van der Waals surface area (Å²) in [6.07, 6.45) is 0. The zero-order valence-corrected chi connectivity index (χ0v) is 17.4. The van der Waals surface area contributed by atoms with Crippen molar-refractivity contribution in [3.05, 3.63) is 63.7 Å².